The van der Waals surface area contributed by atoms with Crippen molar-refractivity contribution in [3.05, 3.63) is 35.4 Å². The number of nitrogens with one attached hydrogen (secondary N) is 1. The summed E-state index contributed by atoms with van der Waals surface area (Å²) in [6.07, 6.45) is 2.04. The first-order chi connectivity index (χ1) is 8.50. The molecule has 0 aliphatic heterocycles. The summed E-state index contributed by atoms with van der Waals surface area (Å²) in [6.45, 7) is 0.372. The van der Waals surface area contributed by atoms with Gasteiger partial charge in [0, 0.05) is 6.54 Å². The molecule has 0 saturated carbocycles. The highest BCUT2D eigenvalue weighted by Gasteiger charge is 2.11. The molecule has 18 heavy (non-hydrogen) atoms. The van der Waals surface area contributed by atoms with Crippen LogP contribution >= 0.6 is 12.2 Å². The summed E-state index contributed by atoms with van der Waals surface area (Å²) in [5, 5.41) is 2.51. The average Bonchev–Trinajstić information content (AvgIpc) is 2.31. The first-order valence-electron chi connectivity index (χ1n) is 5.52. The van der Waals surface area contributed by atoms with E-state index in [1.165, 1.54) is 0 Å². The molecule has 6 heteroatoms. The molecule has 1 aromatic carbocycles. The number of hydrogen-bond donors (Lipinski definition) is 2. The average molecular weight is 272 g/mol. The zero-order valence-corrected chi connectivity index (χ0v) is 10.5. The van der Waals surface area contributed by atoms with E-state index in [0.29, 0.717) is 24.4 Å². The van der Waals surface area contributed by atoms with Gasteiger partial charge in [-0.25, -0.2) is 8.78 Å². The van der Waals surface area contributed by atoms with E-state index in [-0.39, 0.29) is 5.56 Å². The molecule has 0 saturated heterocycles. The number of amides is 1. The lowest BCUT2D eigenvalue weighted by molar-refractivity contribution is 0.0948. The van der Waals surface area contributed by atoms with E-state index >= 15 is 0 Å². The highest BCUT2D eigenvalue weighted by atomic mass is 32.1. The molecule has 3 N–H and O–H groups in total. The van der Waals surface area contributed by atoms with E-state index in [4.69, 9.17) is 18.0 Å². The maximum absolute atomic E-state index is 13.2. The number of nitrogens with two attached hydrogens (primary N) is 1. The number of carbonyl (C=O) groups is 1. The monoisotopic (exact) mass is 272 g/mol. The zero-order valence-electron chi connectivity index (χ0n) is 9.71. The van der Waals surface area contributed by atoms with Gasteiger partial charge in [-0.3, -0.25) is 4.79 Å². The maximum atomic E-state index is 13.2. The minimum Gasteiger partial charge on any atom is -0.393 e. The second-order valence-corrected chi connectivity index (χ2v) is 4.33. The van der Waals surface area contributed by atoms with E-state index in [1.54, 1.807) is 0 Å². The fourth-order valence-corrected chi connectivity index (χ4v) is 1.54. The van der Waals surface area contributed by atoms with Gasteiger partial charge in [0.2, 0.25) is 0 Å². The van der Waals surface area contributed by atoms with Gasteiger partial charge in [-0.1, -0.05) is 12.2 Å². The van der Waals surface area contributed by atoms with Crippen molar-refractivity contribution < 1.29 is 13.6 Å². The van der Waals surface area contributed by atoms with Crippen LogP contribution in [0.15, 0.2) is 18.2 Å². The second kappa shape index (κ2) is 7.00. The molecular formula is C12H14F2N2OS. The summed E-state index contributed by atoms with van der Waals surface area (Å²) in [4.78, 5) is 12.0. The van der Waals surface area contributed by atoms with E-state index in [1.807, 2.05) is 0 Å². The smallest absolute Gasteiger partial charge is 0.254 e. The fourth-order valence-electron chi connectivity index (χ4n) is 1.39. The first-order valence-corrected chi connectivity index (χ1v) is 5.93. The van der Waals surface area contributed by atoms with Gasteiger partial charge in [0.15, 0.2) is 0 Å². The van der Waals surface area contributed by atoms with Crippen molar-refractivity contribution >= 4 is 23.1 Å². The molecule has 1 aromatic rings. The third-order valence-electron chi connectivity index (χ3n) is 2.31. The minimum absolute atomic E-state index is 0.288. The molecule has 0 heterocycles. The Morgan fingerprint density at radius 1 is 1.33 bits per heavy atom. The summed E-state index contributed by atoms with van der Waals surface area (Å²) < 4.78 is 26.1. The Bertz CT molecular complexity index is 452. The number of halogens is 2. The van der Waals surface area contributed by atoms with Crippen molar-refractivity contribution in [2.45, 2.75) is 19.3 Å². The molecule has 0 unspecified atom stereocenters. The molecule has 1 rings (SSSR count). The summed E-state index contributed by atoms with van der Waals surface area (Å²) in [5.74, 6) is -2.01. The summed E-state index contributed by atoms with van der Waals surface area (Å²) in [7, 11) is 0. The van der Waals surface area contributed by atoms with E-state index in [2.05, 4.69) is 5.32 Å². The molecule has 0 bridgehead atoms. The van der Waals surface area contributed by atoms with Crippen LogP contribution in [0.5, 0.6) is 0 Å². The van der Waals surface area contributed by atoms with Crippen LogP contribution in [0.3, 0.4) is 0 Å². The Labute approximate surface area is 109 Å². The van der Waals surface area contributed by atoms with E-state index < -0.39 is 17.5 Å². The highest BCUT2D eigenvalue weighted by molar-refractivity contribution is 7.80. The molecule has 0 radical (unpaired) electrons. The number of rotatable bonds is 6. The number of hydrogen-bond acceptors (Lipinski definition) is 2. The van der Waals surface area contributed by atoms with Crippen molar-refractivity contribution in [3.8, 4) is 0 Å². The number of benzene rings is 1. The van der Waals surface area contributed by atoms with Crippen LogP contribution in [0.1, 0.15) is 29.6 Å². The standard InChI is InChI=1S/C12H14F2N2OS/c13-8-4-5-10(14)9(7-8)12(17)16-6-2-1-3-11(15)18/h4-5,7H,1-3,6H2,(H2,15,18)(H,16,17). The third-order valence-corrected chi connectivity index (χ3v) is 2.51. The topological polar surface area (TPSA) is 55.1 Å². The molecule has 0 fully saturated rings. The van der Waals surface area contributed by atoms with Crippen LogP contribution in [0, 0.1) is 11.6 Å². The van der Waals surface area contributed by atoms with Gasteiger partial charge in [-0.2, -0.15) is 0 Å². The number of thiocarbonyl (C=S) groups is 1. The van der Waals surface area contributed by atoms with Gasteiger partial charge < -0.3 is 11.1 Å². The van der Waals surface area contributed by atoms with Gasteiger partial charge in [-0.05, 0) is 37.5 Å². The molecule has 0 aromatic heterocycles. The molecule has 98 valence electrons. The van der Waals surface area contributed by atoms with Crippen LogP contribution in [0.25, 0.3) is 0 Å². The van der Waals surface area contributed by atoms with Crippen molar-refractivity contribution in [1.29, 1.82) is 0 Å². The number of unbranched alkanes of at least 4 members (excludes halogenated alkanes) is 1. The highest BCUT2D eigenvalue weighted by Crippen LogP contribution is 2.09. The maximum Gasteiger partial charge on any atom is 0.254 e. The van der Waals surface area contributed by atoms with E-state index in [0.717, 1.165) is 24.6 Å². The number of carbonyl (C=O) groups excluding carboxylic acids is 1. The van der Waals surface area contributed by atoms with Crippen LogP contribution < -0.4 is 11.1 Å². The molecule has 0 spiro atoms. The lowest BCUT2D eigenvalue weighted by Gasteiger charge is -2.06. The van der Waals surface area contributed by atoms with Crippen molar-refractivity contribution in [1.82, 2.24) is 5.32 Å². The van der Waals surface area contributed by atoms with Gasteiger partial charge in [-0.15, -0.1) is 0 Å². The Balaban J connectivity index is 2.41. The largest absolute Gasteiger partial charge is 0.393 e. The molecule has 1 amide bonds. The second-order valence-electron chi connectivity index (χ2n) is 3.80. The Hall–Kier alpha value is -1.56. The molecular weight excluding hydrogens is 258 g/mol. The minimum atomic E-state index is -0.739. The SMILES string of the molecule is NC(=S)CCCCNC(=O)c1cc(F)ccc1F. The van der Waals surface area contributed by atoms with Crippen molar-refractivity contribution in [3.63, 3.8) is 0 Å². The first kappa shape index (κ1) is 14.5. The summed E-state index contributed by atoms with van der Waals surface area (Å²) in [5.41, 5.74) is 5.03. The lowest BCUT2D eigenvalue weighted by Crippen LogP contribution is -2.25. The van der Waals surface area contributed by atoms with Gasteiger partial charge in [0.1, 0.15) is 11.6 Å². The predicted molar refractivity (Wildman–Crippen MR) is 69.3 cm³/mol. The molecule has 3 nitrogen and oxygen atoms in total. The van der Waals surface area contributed by atoms with Crippen molar-refractivity contribution in [2.75, 3.05) is 6.54 Å². The normalized spacial score (nSPS) is 10.1. The van der Waals surface area contributed by atoms with Gasteiger partial charge in [0.25, 0.3) is 5.91 Å². The Morgan fingerprint density at radius 3 is 2.72 bits per heavy atom. The van der Waals surface area contributed by atoms with Gasteiger partial charge >= 0.3 is 0 Å². The summed E-state index contributed by atoms with van der Waals surface area (Å²) in [6, 6.07) is 2.77. The quantitative estimate of drug-likeness (QED) is 0.616. The van der Waals surface area contributed by atoms with Crippen LogP contribution in [0.2, 0.25) is 0 Å². The molecule has 0 aliphatic rings. The Kier molecular flexibility index (Phi) is 5.64. The molecule has 0 atom stereocenters. The third kappa shape index (κ3) is 4.75. The lowest BCUT2D eigenvalue weighted by atomic mass is 10.2. The predicted octanol–water partition coefficient (Wildman–Crippen LogP) is 2.15. The fraction of sp³-hybridized carbons (Fsp3) is 0.333. The van der Waals surface area contributed by atoms with Crippen LogP contribution in [-0.2, 0) is 0 Å². The van der Waals surface area contributed by atoms with Crippen molar-refractivity contribution in [2.24, 2.45) is 5.73 Å². The van der Waals surface area contributed by atoms with E-state index in [9.17, 15) is 13.6 Å². The summed E-state index contributed by atoms with van der Waals surface area (Å²) >= 11 is 4.70. The zero-order chi connectivity index (χ0) is 13.5. The Morgan fingerprint density at radius 2 is 2.06 bits per heavy atom. The van der Waals surface area contributed by atoms with Crippen LogP contribution in [0.4, 0.5) is 8.78 Å². The van der Waals surface area contributed by atoms with Crippen LogP contribution in [-0.4, -0.2) is 17.4 Å². The van der Waals surface area contributed by atoms with Gasteiger partial charge in [0.05, 0.1) is 10.6 Å². The molecule has 0 aliphatic carbocycles.